The van der Waals surface area contributed by atoms with Crippen LogP contribution in [0, 0.1) is 5.41 Å². The quantitative estimate of drug-likeness (QED) is 0.717. The summed E-state index contributed by atoms with van der Waals surface area (Å²) in [7, 11) is 3.33. The molecule has 148 valence electrons. The van der Waals surface area contributed by atoms with Crippen molar-refractivity contribution in [1.82, 2.24) is 9.80 Å². The Morgan fingerprint density at radius 1 is 1.18 bits per heavy atom. The van der Waals surface area contributed by atoms with Crippen molar-refractivity contribution in [2.24, 2.45) is 0 Å². The Labute approximate surface area is 174 Å². The largest absolute Gasteiger partial charge is 0.497 e. The summed E-state index contributed by atoms with van der Waals surface area (Å²) in [6, 6.07) is 16.1. The Hall–Kier alpha value is -2.34. The van der Waals surface area contributed by atoms with Gasteiger partial charge in [0.25, 0.3) is 0 Å². The lowest BCUT2D eigenvalue weighted by atomic mass is 9.85. The molecule has 2 aromatic rings. The SMILES string of the molecule is COc1ccc(CN2C(=N)N(C)C(=O)C[C@]2(C)CCc2cccc(Br)c2)cc1. The first-order chi connectivity index (χ1) is 13.3. The zero-order valence-electron chi connectivity index (χ0n) is 16.5. The van der Waals surface area contributed by atoms with Crippen molar-refractivity contribution in [3.63, 3.8) is 0 Å². The van der Waals surface area contributed by atoms with E-state index in [4.69, 9.17) is 10.1 Å². The van der Waals surface area contributed by atoms with Crippen LogP contribution in [0.25, 0.3) is 0 Å². The first-order valence-electron chi connectivity index (χ1n) is 9.32. The Balaban J connectivity index is 1.83. The first kappa shape index (κ1) is 20.4. The number of aryl methyl sites for hydroxylation is 1. The van der Waals surface area contributed by atoms with Gasteiger partial charge in [-0.1, -0.05) is 40.2 Å². The number of halogens is 1. The maximum absolute atomic E-state index is 12.5. The number of benzene rings is 2. The Kier molecular flexibility index (Phi) is 6.08. The van der Waals surface area contributed by atoms with Gasteiger partial charge in [-0.25, -0.2) is 0 Å². The third kappa shape index (κ3) is 4.38. The van der Waals surface area contributed by atoms with E-state index in [1.165, 1.54) is 10.5 Å². The van der Waals surface area contributed by atoms with Crippen molar-refractivity contribution in [2.75, 3.05) is 14.2 Å². The average molecular weight is 444 g/mol. The molecule has 1 atom stereocenters. The molecule has 0 bridgehead atoms. The highest BCUT2D eigenvalue weighted by Crippen LogP contribution is 2.33. The number of ether oxygens (including phenoxy) is 1. The van der Waals surface area contributed by atoms with Crippen molar-refractivity contribution >= 4 is 27.8 Å². The lowest BCUT2D eigenvalue weighted by molar-refractivity contribution is -0.132. The van der Waals surface area contributed by atoms with Crippen LogP contribution < -0.4 is 4.74 Å². The molecule has 1 aliphatic rings. The van der Waals surface area contributed by atoms with Crippen molar-refractivity contribution in [3.05, 3.63) is 64.1 Å². The minimum atomic E-state index is -0.414. The molecule has 1 saturated heterocycles. The first-order valence-corrected chi connectivity index (χ1v) is 10.1. The summed E-state index contributed by atoms with van der Waals surface area (Å²) < 4.78 is 6.29. The Morgan fingerprint density at radius 3 is 2.54 bits per heavy atom. The summed E-state index contributed by atoms with van der Waals surface area (Å²) in [6.07, 6.45) is 2.04. The highest BCUT2D eigenvalue weighted by molar-refractivity contribution is 9.10. The molecule has 0 aromatic heterocycles. The van der Waals surface area contributed by atoms with Gasteiger partial charge in [-0.15, -0.1) is 0 Å². The molecule has 0 radical (unpaired) electrons. The number of hydrogen-bond acceptors (Lipinski definition) is 3. The van der Waals surface area contributed by atoms with Crippen LogP contribution in [0.5, 0.6) is 5.75 Å². The van der Waals surface area contributed by atoms with Crippen LogP contribution in [0.1, 0.15) is 30.9 Å². The smallest absolute Gasteiger partial charge is 0.231 e. The lowest BCUT2D eigenvalue weighted by Crippen LogP contribution is -2.61. The number of rotatable bonds is 6. The molecule has 1 fully saturated rings. The molecule has 0 spiro atoms. The Morgan fingerprint density at radius 2 is 1.89 bits per heavy atom. The summed E-state index contributed by atoms with van der Waals surface area (Å²) in [5, 5.41) is 8.58. The molecule has 1 N–H and O–H groups in total. The fraction of sp³-hybridized carbons (Fsp3) is 0.364. The van der Waals surface area contributed by atoms with Gasteiger partial charge in [-0.05, 0) is 55.2 Å². The van der Waals surface area contributed by atoms with Crippen molar-refractivity contribution in [3.8, 4) is 5.75 Å². The van der Waals surface area contributed by atoms with Crippen LogP contribution in [0.2, 0.25) is 0 Å². The van der Waals surface area contributed by atoms with Crippen LogP contribution in [0.15, 0.2) is 53.0 Å². The summed E-state index contributed by atoms with van der Waals surface area (Å²) in [5.74, 6) is 1.05. The zero-order chi connectivity index (χ0) is 20.3. The van der Waals surface area contributed by atoms with Gasteiger partial charge in [0, 0.05) is 23.6 Å². The van der Waals surface area contributed by atoms with Crippen LogP contribution in [0.3, 0.4) is 0 Å². The van der Waals surface area contributed by atoms with E-state index in [0.29, 0.717) is 13.0 Å². The number of carbonyl (C=O) groups excluding carboxylic acids is 1. The third-order valence-electron chi connectivity index (χ3n) is 5.47. The van der Waals surface area contributed by atoms with Crippen molar-refractivity contribution in [2.45, 2.75) is 38.3 Å². The van der Waals surface area contributed by atoms with E-state index in [2.05, 4.69) is 35.0 Å². The van der Waals surface area contributed by atoms with Gasteiger partial charge in [0.15, 0.2) is 0 Å². The predicted molar refractivity (Wildman–Crippen MR) is 115 cm³/mol. The van der Waals surface area contributed by atoms with Crippen molar-refractivity contribution < 1.29 is 9.53 Å². The average Bonchev–Trinajstić information content (AvgIpc) is 2.69. The fourth-order valence-electron chi connectivity index (χ4n) is 3.60. The maximum atomic E-state index is 12.5. The fourth-order valence-corrected chi connectivity index (χ4v) is 4.05. The van der Waals surface area contributed by atoms with Gasteiger partial charge < -0.3 is 9.64 Å². The highest BCUT2D eigenvalue weighted by atomic mass is 79.9. The zero-order valence-corrected chi connectivity index (χ0v) is 18.1. The molecule has 2 aromatic carbocycles. The van der Waals surface area contributed by atoms with E-state index in [-0.39, 0.29) is 11.9 Å². The maximum Gasteiger partial charge on any atom is 0.231 e. The monoisotopic (exact) mass is 443 g/mol. The predicted octanol–water partition coefficient (Wildman–Crippen LogP) is 4.45. The minimum absolute atomic E-state index is 0.00674. The topological polar surface area (TPSA) is 56.6 Å². The number of nitrogens with zero attached hydrogens (tertiary/aromatic N) is 2. The van der Waals surface area contributed by atoms with E-state index >= 15 is 0 Å². The third-order valence-corrected chi connectivity index (χ3v) is 5.97. The normalized spacial score (nSPS) is 19.9. The van der Waals surface area contributed by atoms with Gasteiger partial charge in [0.2, 0.25) is 11.9 Å². The number of guanidine groups is 1. The molecular weight excluding hydrogens is 418 g/mol. The second-order valence-electron chi connectivity index (χ2n) is 7.51. The molecular formula is C22H26BrN3O2. The van der Waals surface area contributed by atoms with E-state index in [0.717, 1.165) is 28.6 Å². The number of carbonyl (C=O) groups is 1. The minimum Gasteiger partial charge on any atom is -0.497 e. The van der Waals surface area contributed by atoms with Gasteiger partial charge in [0.05, 0.1) is 13.5 Å². The number of hydrogen-bond donors (Lipinski definition) is 1. The van der Waals surface area contributed by atoms with Gasteiger partial charge in [-0.2, -0.15) is 0 Å². The number of nitrogens with one attached hydrogen (secondary N) is 1. The van der Waals surface area contributed by atoms with E-state index in [1.807, 2.05) is 41.3 Å². The van der Waals surface area contributed by atoms with E-state index in [9.17, 15) is 4.79 Å². The molecule has 1 aliphatic heterocycles. The van der Waals surface area contributed by atoms with Crippen LogP contribution in [-0.2, 0) is 17.8 Å². The summed E-state index contributed by atoms with van der Waals surface area (Å²) in [6.45, 7) is 2.67. The van der Waals surface area contributed by atoms with Crippen LogP contribution in [0.4, 0.5) is 0 Å². The van der Waals surface area contributed by atoms with Gasteiger partial charge in [0.1, 0.15) is 5.75 Å². The standard InChI is InChI=1S/C22H26BrN3O2/c1-22(12-11-16-5-4-6-18(23)13-16)14-20(27)25(2)21(24)26(22)15-17-7-9-19(28-3)10-8-17/h4-10,13,24H,11-12,14-15H2,1-3H3/t22-/m0/s1. The molecule has 1 amide bonds. The summed E-state index contributed by atoms with van der Waals surface area (Å²) >= 11 is 3.52. The van der Waals surface area contributed by atoms with E-state index < -0.39 is 5.54 Å². The van der Waals surface area contributed by atoms with Crippen LogP contribution >= 0.6 is 15.9 Å². The molecule has 28 heavy (non-hydrogen) atoms. The molecule has 0 unspecified atom stereocenters. The molecule has 0 aliphatic carbocycles. The lowest BCUT2D eigenvalue weighted by Gasteiger charge is -2.48. The van der Waals surface area contributed by atoms with Gasteiger partial charge >= 0.3 is 0 Å². The van der Waals surface area contributed by atoms with E-state index in [1.54, 1.807) is 14.2 Å². The van der Waals surface area contributed by atoms with Gasteiger partial charge in [-0.3, -0.25) is 15.1 Å². The molecule has 3 rings (SSSR count). The number of amides is 1. The Bertz CT molecular complexity index is 868. The second kappa shape index (κ2) is 8.35. The van der Waals surface area contributed by atoms with Crippen molar-refractivity contribution in [1.29, 1.82) is 5.41 Å². The molecule has 5 nitrogen and oxygen atoms in total. The second-order valence-corrected chi connectivity index (χ2v) is 8.43. The molecule has 0 saturated carbocycles. The molecule has 6 heteroatoms. The van der Waals surface area contributed by atoms with Crippen LogP contribution in [-0.4, -0.2) is 41.4 Å². The summed E-state index contributed by atoms with van der Waals surface area (Å²) in [4.78, 5) is 16.0. The highest BCUT2D eigenvalue weighted by Gasteiger charge is 2.42. The molecule has 1 heterocycles. The number of methoxy groups -OCH3 is 1. The summed E-state index contributed by atoms with van der Waals surface area (Å²) in [5.41, 5.74) is 1.89.